The first-order chi connectivity index (χ1) is 15.9. The molecule has 2 atom stereocenters. The average molecular weight is 475 g/mol. The van der Waals surface area contributed by atoms with Crippen molar-refractivity contribution in [1.82, 2.24) is 14.8 Å². The van der Waals surface area contributed by atoms with Crippen LogP contribution in [0.5, 0.6) is 0 Å². The standard InChI is InChI=1S/C26H33F3N4O/c1-25(2)20-9-7-6-8-16(20)14-22(25)31-18-10-11-21(30-15-18)23(26(27,28)29)33(5)24(34)17-12-19(13-17)32(3)4/h6-11,15,17,19,22-23,31H,12-14H2,1-5H3/t17?,19?,22?,23-/m0/s1. The van der Waals surface area contributed by atoms with E-state index in [1.54, 1.807) is 6.07 Å². The van der Waals surface area contributed by atoms with E-state index in [-0.39, 0.29) is 29.1 Å². The van der Waals surface area contributed by atoms with Crippen LogP contribution in [0.1, 0.15) is 49.6 Å². The first kappa shape index (κ1) is 24.5. The SMILES string of the molecule is CN(C)C1CC(C(=O)N(C)[C@@H](c2ccc(NC3Cc4ccccc4C3(C)C)cn2)C(F)(F)F)C1. The molecule has 5 nitrogen and oxygen atoms in total. The van der Waals surface area contributed by atoms with E-state index >= 15 is 0 Å². The van der Waals surface area contributed by atoms with E-state index in [1.165, 1.54) is 30.4 Å². The van der Waals surface area contributed by atoms with Gasteiger partial charge in [0.15, 0.2) is 6.04 Å². The molecule has 4 rings (SSSR count). The second-order valence-corrected chi connectivity index (χ2v) is 10.4. The van der Waals surface area contributed by atoms with Crippen molar-refractivity contribution in [3.63, 3.8) is 0 Å². The van der Waals surface area contributed by atoms with Crippen molar-refractivity contribution >= 4 is 11.6 Å². The molecule has 1 aromatic heterocycles. The van der Waals surface area contributed by atoms with Gasteiger partial charge in [-0.25, -0.2) is 0 Å². The van der Waals surface area contributed by atoms with E-state index < -0.39 is 18.1 Å². The predicted octanol–water partition coefficient (Wildman–Crippen LogP) is 4.80. The molecule has 8 heteroatoms. The summed E-state index contributed by atoms with van der Waals surface area (Å²) in [6, 6.07) is 9.56. The fourth-order valence-corrected chi connectivity index (χ4v) is 5.29. The number of rotatable bonds is 6. The van der Waals surface area contributed by atoms with E-state index in [1.807, 2.05) is 31.1 Å². The summed E-state index contributed by atoms with van der Waals surface area (Å²) in [6.07, 6.45) is -1.18. The molecule has 2 aliphatic carbocycles. The number of hydrogen-bond donors (Lipinski definition) is 1. The molecule has 1 unspecified atom stereocenters. The Morgan fingerprint density at radius 1 is 1.12 bits per heavy atom. The van der Waals surface area contributed by atoms with E-state index in [9.17, 15) is 18.0 Å². The van der Waals surface area contributed by atoms with Crippen LogP contribution in [0.15, 0.2) is 42.6 Å². The Morgan fingerprint density at radius 3 is 2.35 bits per heavy atom. The molecular formula is C26H33F3N4O. The Morgan fingerprint density at radius 2 is 1.79 bits per heavy atom. The molecule has 0 aliphatic heterocycles. The molecule has 0 saturated heterocycles. The number of nitrogens with one attached hydrogen (secondary N) is 1. The van der Waals surface area contributed by atoms with Gasteiger partial charge in [-0.05, 0) is 56.6 Å². The molecule has 0 bridgehead atoms. The lowest BCUT2D eigenvalue weighted by Crippen LogP contribution is -2.50. The third kappa shape index (κ3) is 4.52. The van der Waals surface area contributed by atoms with Gasteiger partial charge in [0, 0.05) is 30.5 Å². The van der Waals surface area contributed by atoms with Crippen molar-refractivity contribution < 1.29 is 18.0 Å². The Bertz CT molecular complexity index is 1030. The highest BCUT2D eigenvalue weighted by molar-refractivity contribution is 5.80. The lowest BCUT2D eigenvalue weighted by molar-refractivity contribution is -0.193. The number of nitrogens with zero attached hydrogens (tertiary/aromatic N) is 3. The van der Waals surface area contributed by atoms with Crippen molar-refractivity contribution in [2.75, 3.05) is 26.5 Å². The molecule has 1 aromatic carbocycles. The number of halogens is 3. The van der Waals surface area contributed by atoms with Crippen LogP contribution in [-0.2, 0) is 16.6 Å². The summed E-state index contributed by atoms with van der Waals surface area (Å²) in [5, 5.41) is 3.46. The van der Waals surface area contributed by atoms with Gasteiger partial charge in [0.1, 0.15) is 0 Å². The number of aromatic nitrogens is 1. The molecule has 0 spiro atoms. The van der Waals surface area contributed by atoms with Gasteiger partial charge >= 0.3 is 6.18 Å². The number of pyridine rings is 1. The maximum absolute atomic E-state index is 14.0. The van der Waals surface area contributed by atoms with E-state index in [0.29, 0.717) is 18.5 Å². The Labute approximate surface area is 199 Å². The lowest BCUT2D eigenvalue weighted by Gasteiger charge is -2.41. The minimum absolute atomic E-state index is 0.100. The Hall–Kier alpha value is -2.61. The van der Waals surface area contributed by atoms with Gasteiger partial charge in [-0.1, -0.05) is 38.1 Å². The van der Waals surface area contributed by atoms with Gasteiger partial charge in [0.2, 0.25) is 5.91 Å². The van der Waals surface area contributed by atoms with Crippen LogP contribution in [0, 0.1) is 5.92 Å². The summed E-state index contributed by atoms with van der Waals surface area (Å²) in [4.78, 5) is 19.8. The summed E-state index contributed by atoms with van der Waals surface area (Å²) in [5.41, 5.74) is 2.92. The van der Waals surface area contributed by atoms with E-state index in [0.717, 1.165) is 11.3 Å². The predicted molar refractivity (Wildman–Crippen MR) is 127 cm³/mol. The highest BCUT2D eigenvalue weighted by Gasteiger charge is 2.49. The van der Waals surface area contributed by atoms with Gasteiger partial charge in [-0.2, -0.15) is 13.2 Å². The van der Waals surface area contributed by atoms with Crippen LogP contribution in [0.25, 0.3) is 0 Å². The zero-order valence-corrected chi connectivity index (χ0v) is 20.4. The second-order valence-electron chi connectivity index (χ2n) is 10.4. The Kier molecular flexibility index (Phi) is 6.40. The first-order valence-corrected chi connectivity index (χ1v) is 11.7. The van der Waals surface area contributed by atoms with Crippen molar-refractivity contribution in [3.8, 4) is 0 Å². The first-order valence-electron chi connectivity index (χ1n) is 11.7. The molecule has 184 valence electrons. The summed E-state index contributed by atoms with van der Waals surface area (Å²) in [5.74, 6) is -0.857. The summed E-state index contributed by atoms with van der Waals surface area (Å²) in [6.45, 7) is 4.33. The minimum Gasteiger partial charge on any atom is -0.380 e. The van der Waals surface area contributed by atoms with Crippen LogP contribution in [0.4, 0.5) is 18.9 Å². The molecule has 1 N–H and O–H groups in total. The Balaban J connectivity index is 1.48. The maximum atomic E-state index is 14.0. The molecule has 2 aliphatic rings. The monoisotopic (exact) mass is 474 g/mol. The van der Waals surface area contributed by atoms with Crippen molar-refractivity contribution in [2.24, 2.45) is 5.92 Å². The number of alkyl halides is 3. The van der Waals surface area contributed by atoms with E-state index in [2.05, 4.69) is 36.3 Å². The highest BCUT2D eigenvalue weighted by Crippen LogP contribution is 2.41. The highest BCUT2D eigenvalue weighted by atomic mass is 19.4. The smallest absolute Gasteiger partial charge is 0.380 e. The van der Waals surface area contributed by atoms with E-state index in [4.69, 9.17) is 0 Å². The fourth-order valence-electron chi connectivity index (χ4n) is 5.29. The van der Waals surface area contributed by atoms with Crippen LogP contribution < -0.4 is 5.32 Å². The average Bonchev–Trinajstić information content (AvgIpc) is 2.97. The molecule has 2 aromatic rings. The fraction of sp³-hybridized carbons (Fsp3) is 0.538. The molecule has 0 radical (unpaired) electrons. The number of hydrogen-bond acceptors (Lipinski definition) is 4. The third-order valence-corrected chi connectivity index (χ3v) is 7.65. The van der Waals surface area contributed by atoms with Crippen LogP contribution in [0.2, 0.25) is 0 Å². The number of fused-ring (bicyclic) bond motifs is 1. The zero-order valence-electron chi connectivity index (χ0n) is 20.4. The summed E-state index contributed by atoms with van der Waals surface area (Å²) < 4.78 is 42.1. The zero-order chi connectivity index (χ0) is 24.8. The van der Waals surface area contributed by atoms with Crippen molar-refractivity contribution in [3.05, 3.63) is 59.4 Å². The molecule has 1 fully saturated rings. The third-order valence-electron chi connectivity index (χ3n) is 7.65. The molecule has 34 heavy (non-hydrogen) atoms. The van der Waals surface area contributed by atoms with Gasteiger partial charge in [-0.15, -0.1) is 0 Å². The number of carbonyl (C=O) groups is 1. The topological polar surface area (TPSA) is 48.5 Å². The van der Waals surface area contributed by atoms with Gasteiger partial charge < -0.3 is 15.1 Å². The quantitative estimate of drug-likeness (QED) is 0.654. The normalized spacial score (nSPS) is 24.3. The number of carbonyl (C=O) groups excluding carboxylic acids is 1. The van der Waals surface area contributed by atoms with Crippen LogP contribution in [0.3, 0.4) is 0 Å². The van der Waals surface area contributed by atoms with Crippen LogP contribution in [-0.4, -0.2) is 60.1 Å². The van der Waals surface area contributed by atoms with Gasteiger partial charge in [0.25, 0.3) is 0 Å². The molecule has 1 heterocycles. The van der Waals surface area contributed by atoms with Crippen LogP contribution >= 0.6 is 0 Å². The van der Waals surface area contributed by atoms with Crippen molar-refractivity contribution in [2.45, 2.75) is 62.8 Å². The number of benzene rings is 1. The second kappa shape index (κ2) is 8.87. The largest absolute Gasteiger partial charge is 0.414 e. The van der Waals surface area contributed by atoms with Crippen molar-refractivity contribution in [1.29, 1.82) is 0 Å². The minimum atomic E-state index is -4.62. The number of anilines is 1. The lowest BCUT2D eigenvalue weighted by atomic mass is 9.78. The summed E-state index contributed by atoms with van der Waals surface area (Å²) >= 11 is 0. The maximum Gasteiger partial charge on any atom is 0.414 e. The summed E-state index contributed by atoms with van der Waals surface area (Å²) in [7, 11) is 5.06. The molecule has 1 saturated carbocycles. The number of amides is 1. The molecule has 1 amide bonds. The van der Waals surface area contributed by atoms with Gasteiger partial charge in [-0.3, -0.25) is 9.78 Å². The molecular weight excluding hydrogens is 441 g/mol. The van der Waals surface area contributed by atoms with Gasteiger partial charge in [0.05, 0.1) is 17.6 Å².